The molecule has 0 spiro atoms. The maximum atomic E-state index is 12.6. The van der Waals surface area contributed by atoms with Crippen molar-refractivity contribution in [3.63, 3.8) is 0 Å². The van der Waals surface area contributed by atoms with Gasteiger partial charge in [0.25, 0.3) is 0 Å². The molecule has 0 unspecified atom stereocenters. The van der Waals surface area contributed by atoms with Crippen LogP contribution in [0, 0.1) is 0 Å². The molecule has 1 aliphatic rings. The summed E-state index contributed by atoms with van der Waals surface area (Å²) in [6.45, 7) is 6.76. The number of thiazole rings is 1. The lowest BCUT2D eigenvalue weighted by Gasteiger charge is -2.20. The van der Waals surface area contributed by atoms with Gasteiger partial charge in [0.2, 0.25) is 0 Å². The maximum Gasteiger partial charge on any atom is 0.434 e. The van der Waals surface area contributed by atoms with Crippen LogP contribution in [0.5, 0.6) is 0 Å². The minimum atomic E-state index is -4.39. The number of guanidine groups is 1. The number of nitrogens with zero attached hydrogens (tertiary/aromatic N) is 3. The molecule has 0 saturated carbocycles. The number of aliphatic imine (C=N–C) groups is 1. The van der Waals surface area contributed by atoms with Crippen LogP contribution in [0.15, 0.2) is 10.4 Å². The zero-order valence-electron chi connectivity index (χ0n) is 14.9. The molecule has 150 valence electrons. The van der Waals surface area contributed by atoms with Gasteiger partial charge in [-0.05, 0) is 32.9 Å². The zero-order valence-corrected chi connectivity index (χ0v) is 18.1. The summed E-state index contributed by atoms with van der Waals surface area (Å²) < 4.78 is 37.7. The fourth-order valence-corrected chi connectivity index (χ4v) is 3.42. The summed E-state index contributed by atoms with van der Waals surface area (Å²) in [6, 6.07) is 0. The van der Waals surface area contributed by atoms with E-state index in [4.69, 9.17) is 0 Å². The van der Waals surface area contributed by atoms with Crippen molar-refractivity contribution in [1.29, 1.82) is 0 Å². The third-order valence-electron chi connectivity index (χ3n) is 3.98. The van der Waals surface area contributed by atoms with Crippen LogP contribution in [0.1, 0.15) is 43.3 Å². The van der Waals surface area contributed by atoms with Gasteiger partial charge in [0, 0.05) is 25.0 Å². The number of rotatable bonds is 6. The van der Waals surface area contributed by atoms with Gasteiger partial charge in [0.15, 0.2) is 11.7 Å². The molecule has 2 N–H and O–H groups in total. The van der Waals surface area contributed by atoms with Crippen LogP contribution in [0.25, 0.3) is 0 Å². The lowest BCUT2D eigenvalue weighted by molar-refractivity contribution is -0.140. The monoisotopic (exact) mass is 505 g/mol. The average Bonchev–Trinajstić information content (AvgIpc) is 2.90. The molecule has 26 heavy (non-hydrogen) atoms. The Morgan fingerprint density at radius 2 is 1.92 bits per heavy atom. The molecule has 0 atom stereocenters. The first kappa shape index (κ1) is 23.4. The van der Waals surface area contributed by atoms with Crippen LogP contribution in [0.3, 0.4) is 0 Å². The van der Waals surface area contributed by atoms with Crippen LogP contribution in [-0.4, -0.2) is 48.6 Å². The molecule has 5 nitrogen and oxygen atoms in total. The molecular weight excluding hydrogens is 478 g/mol. The van der Waals surface area contributed by atoms with Gasteiger partial charge in [-0.25, -0.2) is 9.98 Å². The van der Waals surface area contributed by atoms with Crippen molar-refractivity contribution < 1.29 is 13.2 Å². The van der Waals surface area contributed by atoms with Gasteiger partial charge in [-0.1, -0.05) is 12.8 Å². The normalized spacial score (nSPS) is 16.7. The van der Waals surface area contributed by atoms with Gasteiger partial charge in [0.05, 0.1) is 6.54 Å². The van der Waals surface area contributed by atoms with Crippen molar-refractivity contribution in [2.45, 2.75) is 45.3 Å². The van der Waals surface area contributed by atoms with Gasteiger partial charge >= 0.3 is 6.18 Å². The van der Waals surface area contributed by atoms with E-state index >= 15 is 0 Å². The standard InChI is InChI=1S/C16H26F3N5S.HI/c1-2-20-15(21-7-10-24-8-5-3-4-6-9-24)22-11-14-23-13(12-25-14)16(17,18)19;/h12H,2-11H2,1H3,(H2,20,21,22);1H. The summed E-state index contributed by atoms with van der Waals surface area (Å²) in [5.74, 6) is 0.612. The molecule has 1 aliphatic heterocycles. The molecule has 10 heteroatoms. The van der Waals surface area contributed by atoms with Gasteiger partial charge in [-0.15, -0.1) is 35.3 Å². The van der Waals surface area contributed by atoms with Crippen LogP contribution < -0.4 is 10.6 Å². The van der Waals surface area contributed by atoms with E-state index in [0.717, 1.165) is 42.9 Å². The van der Waals surface area contributed by atoms with Crippen LogP contribution in [0.2, 0.25) is 0 Å². The number of likely N-dealkylation sites (tertiary alicyclic amines) is 1. The Morgan fingerprint density at radius 1 is 1.23 bits per heavy atom. The van der Waals surface area contributed by atoms with Crippen LogP contribution >= 0.6 is 35.3 Å². The summed E-state index contributed by atoms with van der Waals surface area (Å²) in [5.41, 5.74) is -0.846. The molecule has 0 radical (unpaired) electrons. The van der Waals surface area contributed by atoms with Crippen LogP contribution in [0.4, 0.5) is 13.2 Å². The fourth-order valence-electron chi connectivity index (χ4n) is 2.69. The molecular formula is C16H27F3IN5S. The van der Waals surface area contributed by atoms with Crippen molar-refractivity contribution in [2.24, 2.45) is 4.99 Å². The smallest absolute Gasteiger partial charge is 0.357 e. The SMILES string of the molecule is CCNC(=NCc1nc(C(F)(F)F)cs1)NCCN1CCCCCC1.I. The summed E-state index contributed by atoms with van der Waals surface area (Å²) >= 11 is 0.983. The summed E-state index contributed by atoms with van der Waals surface area (Å²) in [6.07, 6.45) is 0.720. The van der Waals surface area contributed by atoms with E-state index in [2.05, 4.69) is 25.5 Å². The number of alkyl halides is 3. The molecule has 0 bridgehead atoms. The maximum absolute atomic E-state index is 12.6. The number of nitrogens with one attached hydrogen (secondary N) is 2. The predicted octanol–water partition coefficient (Wildman–Crippen LogP) is 3.71. The van der Waals surface area contributed by atoms with E-state index < -0.39 is 11.9 Å². The van der Waals surface area contributed by atoms with Crippen LogP contribution in [-0.2, 0) is 12.7 Å². The molecule has 0 aromatic carbocycles. The van der Waals surface area contributed by atoms with Crippen molar-refractivity contribution in [2.75, 3.05) is 32.7 Å². The second-order valence-electron chi connectivity index (χ2n) is 6.00. The Bertz CT molecular complexity index is 542. The quantitative estimate of drug-likeness (QED) is 0.352. The van der Waals surface area contributed by atoms with Gasteiger partial charge < -0.3 is 15.5 Å². The highest BCUT2D eigenvalue weighted by Gasteiger charge is 2.33. The first-order valence-corrected chi connectivity index (χ1v) is 9.63. The minimum absolute atomic E-state index is 0. The molecule has 0 amide bonds. The number of hydrogen-bond acceptors (Lipinski definition) is 4. The minimum Gasteiger partial charge on any atom is -0.357 e. The van der Waals surface area contributed by atoms with E-state index in [1.807, 2.05) is 6.92 Å². The first-order chi connectivity index (χ1) is 12.0. The fraction of sp³-hybridized carbons (Fsp3) is 0.750. The molecule has 1 aromatic rings. The van der Waals surface area contributed by atoms with E-state index in [1.165, 1.54) is 25.7 Å². The number of aromatic nitrogens is 1. The lowest BCUT2D eigenvalue weighted by atomic mass is 10.2. The Labute approximate surface area is 173 Å². The van der Waals surface area contributed by atoms with E-state index in [9.17, 15) is 13.2 Å². The molecule has 1 fully saturated rings. The Morgan fingerprint density at radius 3 is 2.50 bits per heavy atom. The zero-order chi connectivity index (χ0) is 18.1. The number of hydrogen-bond donors (Lipinski definition) is 2. The largest absolute Gasteiger partial charge is 0.434 e. The van der Waals surface area contributed by atoms with E-state index in [0.29, 0.717) is 17.5 Å². The molecule has 2 rings (SSSR count). The second kappa shape index (κ2) is 12.0. The summed E-state index contributed by atoms with van der Waals surface area (Å²) in [7, 11) is 0. The van der Waals surface area contributed by atoms with Gasteiger partial charge in [0.1, 0.15) is 5.01 Å². The van der Waals surface area contributed by atoms with Gasteiger partial charge in [-0.3, -0.25) is 0 Å². The second-order valence-corrected chi connectivity index (χ2v) is 6.94. The highest BCUT2D eigenvalue weighted by atomic mass is 127. The van der Waals surface area contributed by atoms with Crippen molar-refractivity contribution >= 4 is 41.3 Å². The highest BCUT2D eigenvalue weighted by molar-refractivity contribution is 14.0. The van der Waals surface area contributed by atoms with Gasteiger partial charge in [-0.2, -0.15) is 13.2 Å². The van der Waals surface area contributed by atoms with Crippen molar-refractivity contribution in [3.05, 3.63) is 16.1 Å². The molecule has 1 aromatic heterocycles. The lowest BCUT2D eigenvalue weighted by Crippen LogP contribution is -2.41. The third kappa shape index (κ3) is 8.38. The first-order valence-electron chi connectivity index (χ1n) is 8.75. The predicted molar refractivity (Wildman–Crippen MR) is 110 cm³/mol. The van der Waals surface area contributed by atoms with Crippen molar-refractivity contribution in [3.8, 4) is 0 Å². The Hall–Kier alpha value is -0.620. The Kier molecular flexibility index (Phi) is 10.8. The van der Waals surface area contributed by atoms with Crippen molar-refractivity contribution in [1.82, 2.24) is 20.5 Å². The highest BCUT2D eigenvalue weighted by Crippen LogP contribution is 2.30. The Balaban J connectivity index is 0.00000338. The summed E-state index contributed by atoms with van der Waals surface area (Å²) in [5, 5.41) is 7.75. The topological polar surface area (TPSA) is 52.6 Å². The molecule has 0 aliphatic carbocycles. The van der Waals surface area contributed by atoms with E-state index in [1.54, 1.807) is 0 Å². The number of halogens is 4. The summed E-state index contributed by atoms with van der Waals surface area (Å²) in [4.78, 5) is 10.4. The molecule has 2 heterocycles. The van der Waals surface area contributed by atoms with E-state index in [-0.39, 0.29) is 30.5 Å². The average molecular weight is 505 g/mol. The third-order valence-corrected chi connectivity index (χ3v) is 4.81. The molecule has 1 saturated heterocycles.